The zero-order valence-corrected chi connectivity index (χ0v) is 15.7. The van der Waals surface area contributed by atoms with E-state index in [-0.39, 0.29) is 0 Å². The Balaban J connectivity index is 1.46. The normalized spacial score (nSPS) is 35.2. The summed E-state index contributed by atoms with van der Waals surface area (Å²) < 4.78 is 23.3. The second-order valence-corrected chi connectivity index (χ2v) is 10.2. The number of nitrogens with zero attached hydrogens (tertiary/aromatic N) is 1. The van der Waals surface area contributed by atoms with Crippen LogP contribution in [-0.4, -0.2) is 68.2 Å². The van der Waals surface area contributed by atoms with E-state index in [1.807, 2.05) is 0 Å². The Morgan fingerprint density at radius 3 is 2.48 bits per heavy atom. The van der Waals surface area contributed by atoms with Gasteiger partial charge in [-0.25, -0.2) is 8.42 Å². The monoisotopic (exact) mass is 360 g/mol. The molecule has 3 aliphatic rings. The molecule has 2 heterocycles. The first kappa shape index (κ1) is 17.4. The number of sulfone groups is 1. The maximum atomic E-state index is 11.7. The maximum absolute atomic E-state index is 11.7. The first-order valence-electron chi connectivity index (χ1n) is 9.05. The Kier molecular flexibility index (Phi) is 5.48. The summed E-state index contributed by atoms with van der Waals surface area (Å²) in [6, 6.07) is 0.837. The summed E-state index contributed by atoms with van der Waals surface area (Å²) in [5.74, 6) is 1.46. The Labute approximate surface area is 145 Å². The SMILES string of the molecule is C[C@@H]1CCCC[C@H]1NC(=S)N1CC[NH+]([C@@H]2CCS(=O)(=O)C2)CC1. The van der Waals surface area contributed by atoms with Gasteiger partial charge in [-0.2, -0.15) is 0 Å². The highest BCUT2D eigenvalue weighted by atomic mass is 32.2. The van der Waals surface area contributed by atoms with E-state index in [1.54, 1.807) is 0 Å². The summed E-state index contributed by atoms with van der Waals surface area (Å²) in [6.07, 6.45) is 6.01. The summed E-state index contributed by atoms with van der Waals surface area (Å²) in [5.41, 5.74) is 0. The van der Waals surface area contributed by atoms with Gasteiger partial charge in [0.15, 0.2) is 14.9 Å². The van der Waals surface area contributed by atoms with Crippen LogP contribution in [0.25, 0.3) is 0 Å². The fraction of sp³-hybridized carbons (Fsp3) is 0.938. The van der Waals surface area contributed by atoms with Crippen LogP contribution in [0.5, 0.6) is 0 Å². The van der Waals surface area contributed by atoms with E-state index in [0.717, 1.165) is 37.7 Å². The topological polar surface area (TPSA) is 53.9 Å². The molecule has 2 aliphatic heterocycles. The van der Waals surface area contributed by atoms with E-state index >= 15 is 0 Å². The lowest BCUT2D eigenvalue weighted by molar-refractivity contribution is -0.925. The molecule has 2 N–H and O–H groups in total. The number of piperazine rings is 1. The third kappa shape index (κ3) is 4.37. The summed E-state index contributed by atoms with van der Waals surface area (Å²) >= 11 is 5.63. The Bertz CT molecular complexity index is 529. The van der Waals surface area contributed by atoms with Crippen molar-refractivity contribution < 1.29 is 13.3 Å². The molecule has 23 heavy (non-hydrogen) atoms. The van der Waals surface area contributed by atoms with Gasteiger partial charge in [0.1, 0.15) is 11.8 Å². The van der Waals surface area contributed by atoms with Gasteiger partial charge >= 0.3 is 0 Å². The predicted molar refractivity (Wildman–Crippen MR) is 96.5 cm³/mol. The minimum absolute atomic E-state index is 0.307. The summed E-state index contributed by atoms with van der Waals surface area (Å²) in [6.45, 7) is 6.21. The van der Waals surface area contributed by atoms with Gasteiger partial charge in [0.2, 0.25) is 0 Å². The minimum Gasteiger partial charge on any atom is -0.360 e. The predicted octanol–water partition coefficient (Wildman–Crippen LogP) is -0.173. The first-order valence-corrected chi connectivity index (χ1v) is 11.3. The molecule has 0 unspecified atom stereocenters. The standard InChI is InChI=1S/C16H29N3O2S2/c1-13-4-2-3-5-15(13)17-16(22)19-9-7-18(8-10-19)14-6-11-23(20,21)12-14/h13-15H,2-12H2,1H3,(H,17,22)/p+1/t13-,14-,15-/m1/s1. The molecule has 0 amide bonds. The van der Waals surface area contributed by atoms with Crippen LogP contribution in [0, 0.1) is 5.92 Å². The quantitative estimate of drug-likeness (QED) is 0.670. The molecule has 132 valence electrons. The average molecular weight is 361 g/mol. The van der Waals surface area contributed by atoms with Gasteiger partial charge in [0.05, 0.1) is 31.9 Å². The molecule has 2 saturated heterocycles. The van der Waals surface area contributed by atoms with Crippen LogP contribution in [0.1, 0.15) is 39.0 Å². The number of rotatable bonds is 2. The molecule has 7 heteroatoms. The van der Waals surface area contributed by atoms with Gasteiger partial charge in [0, 0.05) is 12.5 Å². The first-order chi connectivity index (χ1) is 10.9. The Morgan fingerprint density at radius 2 is 1.87 bits per heavy atom. The molecule has 5 nitrogen and oxygen atoms in total. The van der Waals surface area contributed by atoms with Gasteiger partial charge in [-0.15, -0.1) is 0 Å². The van der Waals surface area contributed by atoms with Crippen molar-refractivity contribution in [1.29, 1.82) is 0 Å². The zero-order valence-electron chi connectivity index (χ0n) is 14.1. The lowest BCUT2D eigenvalue weighted by atomic mass is 9.86. The van der Waals surface area contributed by atoms with Crippen molar-refractivity contribution in [1.82, 2.24) is 10.2 Å². The smallest absolute Gasteiger partial charge is 0.169 e. The van der Waals surface area contributed by atoms with Gasteiger partial charge < -0.3 is 15.1 Å². The van der Waals surface area contributed by atoms with Crippen molar-refractivity contribution in [3.63, 3.8) is 0 Å². The van der Waals surface area contributed by atoms with Gasteiger partial charge in [0.25, 0.3) is 0 Å². The summed E-state index contributed by atoms with van der Waals surface area (Å²) in [5, 5.41) is 4.49. The number of hydrogen-bond donors (Lipinski definition) is 2. The van der Waals surface area contributed by atoms with E-state index in [0.29, 0.717) is 29.5 Å². The molecule has 0 aromatic carbocycles. The Hall–Kier alpha value is -0.400. The maximum Gasteiger partial charge on any atom is 0.169 e. The second kappa shape index (κ2) is 7.23. The third-order valence-corrected chi connectivity index (χ3v) is 8.07. The van der Waals surface area contributed by atoms with Gasteiger partial charge in [-0.1, -0.05) is 19.8 Å². The molecule has 3 rings (SSSR count). The fourth-order valence-corrected chi connectivity index (χ4v) is 6.46. The van der Waals surface area contributed by atoms with Crippen molar-refractivity contribution in [3.05, 3.63) is 0 Å². The van der Waals surface area contributed by atoms with Crippen LogP contribution in [-0.2, 0) is 9.84 Å². The number of thiocarbonyl (C=S) groups is 1. The molecule has 3 fully saturated rings. The second-order valence-electron chi connectivity index (χ2n) is 7.56. The van der Waals surface area contributed by atoms with Crippen LogP contribution < -0.4 is 10.2 Å². The molecule has 1 saturated carbocycles. The van der Waals surface area contributed by atoms with Crippen LogP contribution in [0.4, 0.5) is 0 Å². The molecule has 0 bridgehead atoms. The molecular formula is C16H30N3O2S2+. The number of hydrogen-bond acceptors (Lipinski definition) is 3. The largest absolute Gasteiger partial charge is 0.360 e. The molecule has 0 spiro atoms. The lowest BCUT2D eigenvalue weighted by Crippen LogP contribution is -3.18. The molecule has 0 aromatic heterocycles. The molecule has 0 aromatic rings. The van der Waals surface area contributed by atoms with Crippen molar-refractivity contribution in [3.8, 4) is 0 Å². The fourth-order valence-electron chi connectivity index (χ4n) is 4.30. The average Bonchev–Trinajstić information content (AvgIpc) is 2.90. The van der Waals surface area contributed by atoms with E-state index in [9.17, 15) is 8.42 Å². The van der Waals surface area contributed by atoms with Crippen LogP contribution >= 0.6 is 12.2 Å². The van der Waals surface area contributed by atoms with Crippen LogP contribution in [0.2, 0.25) is 0 Å². The zero-order chi connectivity index (χ0) is 16.4. The Morgan fingerprint density at radius 1 is 1.17 bits per heavy atom. The van der Waals surface area contributed by atoms with Gasteiger partial charge in [-0.05, 0) is 31.0 Å². The number of nitrogens with one attached hydrogen (secondary N) is 2. The molecule has 1 aliphatic carbocycles. The third-order valence-electron chi connectivity index (χ3n) is 5.92. The van der Waals surface area contributed by atoms with Crippen molar-refractivity contribution in [2.75, 3.05) is 37.7 Å². The van der Waals surface area contributed by atoms with E-state index < -0.39 is 9.84 Å². The summed E-state index contributed by atoms with van der Waals surface area (Å²) in [4.78, 5) is 3.74. The van der Waals surface area contributed by atoms with E-state index in [1.165, 1.54) is 30.6 Å². The summed E-state index contributed by atoms with van der Waals surface area (Å²) in [7, 11) is -2.77. The van der Waals surface area contributed by atoms with Crippen molar-refractivity contribution in [2.24, 2.45) is 5.92 Å². The lowest BCUT2D eigenvalue weighted by Gasteiger charge is -2.38. The van der Waals surface area contributed by atoms with E-state index in [4.69, 9.17) is 12.2 Å². The van der Waals surface area contributed by atoms with Gasteiger partial charge in [-0.3, -0.25) is 0 Å². The molecule has 0 radical (unpaired) electrons. The molecular weight excluding hydrogens is 330 g/mol. The van der Waals surface area contributed by atoms with E-state index in [2.05, 4.69) is 17.1 Å². The molecule has 3 atom stereocenters. The highest BCUT2D eigenvalue weighted by Gasteiger charge is 2.37. The highest BCUT2D eigenvalue weighted by Crippen LogP contribution is 2.23. The van der Waals surface area contributed by atoms with Crippen LogP contribution in [0.3, 0.4) is 0 Å². The highest BCUT2D eigenvalue weighted by molar-refractivity contribution is 7.91. The van der Waals surface area contributed by atoms with Crippen LogP contribution in [0.15, 0.2) is 0 Å². The minimum atomic E-state index is -2.77. The van der Waals surface area contributed by atoms with Crippen molar-refractivity contribution in [2.45, 2.75) is 51.1 Å². The van der Waals surface area contributed by atoms with Crippen molar-refractivity contribution >= 4 is 27.2 Å². The number of quaternary nitrogens is 1.